The molecule has 1 atom stereocenters. The number of pyridine rings is 1. The van der Waals surface area contributed by atoms with Crippen LogP contribution in [-0.4, -0.2) is 31.8 Å². The van der Waals surface area contributed by atoms with Crippen molar-refractivity contribution in [2.75, 3.05) is 11.1 Å². The van der Waals surface area contributed by atoms with E-state index in [4.69, 9.17) is 0 Å². The minimum absolute atomic E-state index is 0.161. The lowest BCUT2D eigenvalue weighted by Crippen LogP contribution is -2.28. The molecule has 0 unspecified atom stereocenters. The van der Waals surface area contributed by atoms with Crippen LogP contribution < -0.4 is 5.32 Å². The van der Waals surface area contributed by atoms with E-state index in [1.165, 1.54) is 16.6 Å². The number of amides is 1. The molecule has 1 aliphatic carbocycles. The molecular weight excluding hydrogens is 440 g/mol. The second-order valence-corrected chi connectivity index (χ2v) is 10.7. The number of hydrogen-bond donors (Lipinski definition) is 2. The molecule has 0 bridgehead atoms. The van der Waals surface area contributed by atoms with E-state index in [1.54, 1.807) is 23.7 Å². The highest BCUT2D eigenvalue weighted by molar-refractivity contribution is 7.99. The second-order valence-electron chi connectivity index (χ2n) is 8.64. The number of nitriles is 1. The molecular formula is C23H26N6OS2. The molecule has 3 aromatic heterocycles. The largest absolute Gasteiger partial charge is 0.316 e. The molecule has 0 aromatic carbocycles. The molecule has 1 aliphatic rings. The Morgan fingerprint density at radius 3 is 2.91 bits per heavy atom. The molecule has 0 fully saturated rings. The fraction of sp³-hybridized carbons (Fsp3) is 0.435. The molecule has 4 rings (SSSR count). The van der Waals surface area contributed by atoms with Gasteiger partial charge in [-0.05, 0) is 48.3 Å². The highest BCUT2D eigenvalue weighted by Crippen LogP contribution is 2.45. The molecule has 0 aliphatic heterocycles. The maximum absolute atomic E-state index is 12.6. The van der Waals surface area contributed by atoms with Crippen LogP contribution in [0.1, 0.15) is 49.6 Å². The molecule has 0 spiro atoms. The summed E-state index contributed by atoms with van der Waals surface area (Å²) in [6.07, 6.45) is 7.49. The van der Waals surface area contributed by atoms with Gasteiger partial charge in [-0.2, -0.15) is 5.26 Å². The van der Waals surface area contributed by atoms with Crippen molar-refractivity contribution in [2.45, 2.75) is 51.6 Å². The Balaban J connectivity index is 1.40. The highest BCUT2D eigenvalue weighted by atomic mass is 32.2. The third-order valence-corrected chi connectivity index (χ3v) is 8.41. The van der Waals surface area contributed by atoms with Crippen LogP contribution in [-0.2, 0) is 17.6 Å². The van der Waals surface area contributed by atoms with Gasteiger partial charge in [0.05, 0.1) is 11.3 Å². The molecule has 0 saturated carbocycles. The zero-order valence-corrected chi connectivity index (χ0v) is 20.1. The summed E-state index contributed by atoms with van der Waals surface area (Å²) in [5.74, 6) is 1.25. The molecule has 7 nitrogen and oxygen atoms in total. The van der Waals surface area contributed by atoms with E-state index >= 15 is 0 Å². The van der Waals surface area contributed by atoms with Gasteiger partial charge in [0.15, 0.2) is 5.82 Å². The predicted octanol–water partition coefficient (Wildman–Crippen LogP) is 5.07. The predicted molar refractivity (Wildman–Crippen MR) is 128 cm³/mol. The average Bonchev–Trinajstić information content (AvgIpc) is 3.42. The Labute approximate surface area is 196 Å². The average molecular weight is 467 g/mol. The number of carbonyl (C=O) groups excluding carboxylic acids is 1. The Bertz CT molecular complexity index is 1150. The number of hydrogen-bond acceptors (Lipinski definition) is 7. The Hall–Kier alpha value is -2.70. The van der Waals surface area contributed by atoms with Gasteiger partial charge in [0, 0.05) is 22.8 Å². The molecule has 0 radical (unpaired) electrons. The summed E-state index contributed by atoms with van der Waals surface area (Å²) in [5.41, 5.74) is 2.92. The summed E-state index contributed by atoms with van der Waals surface area (Å²) in [5, 5.41) is 20.9. The molecule has 32 heavy (non-hydrogen) atoms. The fourth-order valence-electron chi connectivity index (χ4n) is 3.99. The van der Waals surface area contributed by atoms with Crippen LogP contribution in [0.5, 0.6) is 0 Å². The number of nitrogens with zero attached hydrogens (tertiary/aromatic N) is 4. The zero-order chi connectivity index (χ0) is 22.7. The van der Waals surface area contributed by atoms with Crippen LogP contribution in [0.15, 0.2) is 29.7 Å². The summed E-state index contributed by atoms with van der Waals surface area (Å²) in [6.45, 7) is 6.89. The van der Waals surface area contributed by atoms with Gasteiger partial charge < -0.3 is 5.32 Å². The smallest absolute Gasteiger partial charge is 0.235 e. The number of anilines is 1. The SMILES string of the molecule is CCC(C)(C)[C@@H]1CCc2c(sc(NC(=O)CSc3n[nH]c(-c4ccncc4)n3)c2C#N)C1. The van der Waals surface area contributed by atoms with E-state index in [0.717, 1.165) is 36.8 Å². The summed E-state index contributed by atoms with van der Waals surface area (Å²) >= 11 is 2.82. The minimum atomic E-state index is -0.161. The van der Waals surface area contributed by atoms with E-state index in [-0.39, 0.29) is 17.1 Å². The zero-order valence-electron chi connectivity index (χ0n) is 18.4. The van der Waals surface area contributed by atoms with Crippen molar-refractivity contribution in [1.29, 1.82) is 5.26 Å². The summed E-state index contributed by atoms with van der Waals surface area (Å²) in [6, 6.07) is 6.01. The van der Waals surface area contributed by atoms with Gasteiger partial charge in [0.25, 0.3) is 0 Å². The number of H-pyrrole nitrogens is 1. The van der Waals surface area contributed by atoms with Gasteiger partial charge in [0.2, 0.25) is 11.1 Å². The van der Waals surface area contributed by atoms with E-state index in [1.807, 2.05) is 12.1 Å². The highest BCUT2D eigenvalue weighted by Gasteiger charge is 2.34. The Morgan fingerprint density at radius 2 is 2.19 bits per heavy atom. The number of aromatic amines is 1. The van der Waals surface area contributed by atoms with Crippen molar-refractivity contribution in [1.82, 2.24) is 20.2 Å². The van der Waals surface area contributed by atoms with E-state index in [9.17, 15) is 10.1 Å². The number of carbonyl (C=O) groups is 1. The van der Waals surface area contributed by atoms with Crippen molar-refractivity contribution in [3.05, 3.63) is 40.5 Å². The number of rotatable bonds is 7. The standard InChI is InChI=1S/C23H26N6OS2/c1-4-23(2,3)15-5-6-16-17(12-24)21(32-18(16)11-15)26-19(30)13-31-22-27-20(28-29-22)14-7-9-25-10-8-14/h7-10,15H,4-6,11,13H2,1-3H3,(H,26,30)(H,27,28,29)/t15-/m1/s1. The quantitative estimate of drug-likeness (QED) is 0.471. The van der Waals surface area contributed by atoms with Crippen molar-refractivity contribution in [3.8, 4) is 17.5 Å². The Kier molecular flexibility index (Phi) is 6.63. The normalized spacial score (nSPS) is 15.8. The first-order valence-corrected chi connectivity index (χ1v) is 12.5. The van der Waals surface area contributed by atoms with Crippen LogP contribution in [0, 0.1) is 22.7 Å². The van der Waals surface area contributed by atoms with Gasteiger partial charge in [-0.1, -0.05) is 39.0 Å². The van der Waals surface area contributed by atoms with Crippen LogP contribution in [0.3, 0.4) is 0 Å². The number of thiophene rings is 1. The lowest BCUT2D eigenvalue weighted by molar-refractivity contribution is -0.113. The van der Waals surface area contributed by atoms with Crippen molar-refractivity contribution in [3.63, 3.8) is 0 Å². The van der Waals surface area contributed by atoms with Crippen LogP contribution in [0.25, 0.3) is 11.4 Å². The number of fused-ring (bicyclic) bond motifs is 1. The molecule has 3 aromatic rings. The van der Waals surface area contributed by atoms with Crippen LogP contribution in [0.2, 0.25) is 0 Å². The molecule has 1 amide bonds. The lowest BCUT2D eigenvalue weighted by atomic mass is 9.69. The topological polar surface area (TPSA) is 107 Å². The fourth-order valence-corrected chi connectivity index (χ4v) is 5.88. The molecule has 9 heteroatoms. The van der Waals surface area contributed by atoms with Gasteiger partial charge in [0.1, 0.15) is 11.1 Å². The second kappa shape index (κ2) is 9.43. The van der Waals surface area contributed by atoms with Crippen LogP contribution >= 0.6 is 23.1 Å². The van der Waals surface area contributed by atoms with Crippen molar-refractivity contribution in [2.24, 2.45) is 11.3 Å². The summed E-state index contributed by atoms with van der Waals surface area (Å²) in [4.78, 5) is 22.3. The van der Waals surface area contributed by atoms with Crippen molar-refractivity contribution < 1.29 is 4.79 Å². The first-order chi connectivity index (χ1) is 15.4. The molecule has 0 saturated heterocycles. The van der Waals surface area contributed by atoms with Crippen molar-refractivity contribution >= 4 is 34.0 Å². The summed E-state index contributed by atoms with van der Waals surface area (Å²) < 4.78 is 0. The van der Waals surface area contributed by atoms with Crippen LogP contribution in [0.4, 0.5) is 5.00 Å². The molecule has 2 N–H and O–H groups in total. The third kappa shape index (κ3) is 4.71. The maximum Gasteiger partial charge on any atom is 0.235 e. The minimum Gasteiger partial charge on any atom is -0.316 e. The number of aromatic nitrogens is 4. The van der Waals surface area contributed by atoms with Gasteiger partial charge in [-0.3, -0.25) is 14.9 Å². The number of nitrogens with one attached hydrogen (secondary N) is 2. The van der Waals surface area contributed by atoms with Gasteiger partial charge in [-0.25, -0.2) is 4.98 Å². The first kappa shape index (κ1) is 22.5. The molecule has 166 valence electrons. The van der Waals surface area contributed by atoms with Gasteiger partial charge >= 0.3 is 0 Å². The van der Waals surface area contributed by atoms with E-state index in [2.05, 4.69) is 52.3 Å². The molecule has 3 heterocycles. The lowest BCUT2D eigenvalue weighted by Gasteiger charge is -2.36. The maximum atomic E-state index is 12.6. The monoisotopic (exact) mass is 466 g/mol. The number of thioether (sulfide) groups is 1. The van der Waals surface area contributed by atoms with E-state index < -0.39 is 0 Å². The Morgan fingerprint density at radius 1 is 1.41 bits per heavy atom. The third-order valence-electron chi connectivity index (χ3n) is 6.40. The summed E-state index contributed by atoms with van der Waals surface area (Å²) in [7, 11) is 0. The van der Waals surface area contributed by atoms with E-state index in [0.29, 0.717) is 27.5 Å². The van der Waals surface area contributed by atoms with Gasteiger partial charge in [-0.15, -0.1) is 16.4 Å². The first-order valence-electron chi connectivity index (χ1n) is 10.7.